The molecule has 1 saturated heterocycles. The van der Waals surface area contributed by atoms with Crippen LogP contribution in [0.1, 0.15) is 23.5 Å². The van der Waals surface area contributed by atoms with Gasteiger partial charge in [0.25, 0.3) is 0 Å². The number of nitrogens with one attached hydrogen (secondary N) is 1. The maximum Gasteiger partial charge on any atom is 0.174 e. The average Bonchev–Trinajstić information content (AvgIpc) is 3.46. The highest BCUT2D eigenvalue weighted by atomic mass is 35.5. The minimum absolute atomic E-state index is 0.0699. The Bertz CT molecular complexity index is 1300. The number of benzene rings is 2. The second-order valence-corrected chi connectivity index (χ2v) is 8.39. The fourth-order valence-corrected chi connectivity index (χ4v) is 4.70. The van der Waals surface area contributed by atoms with Gasteiger partial charge in [-0.05, 0) is 78.9 Å². The maximum absolute atomic E-state index is 13.8. The number of nitrogens with zero attached hydrogens (tertiary/aromatic N) is 3. The summed E-state index contributed by atoms with van der Waals surface area (Å²) in [5.41, 5.74) is 3.50. The van der Waals surface area contributed by atoms with Gasteiger partial charge >= 0.3 is 0 Å². The SMILES string of the molecule is COc1ccc(N2C(=S)N[C@H](c3ccccn3)[C@H]2c2cccn2-c2ccc(F)c(Cl)c2)cc1. The molecule has 5 nitrogen and oxygen atoms in total. The number of anilines is 1. The number of hydrogen-bond acceptors (Lipinski definition) is 3. The number of hydrogen-bond donors (Lipinski definition) is 1. The van der Waals surface area contributed by atoms with E-state index in [0.29, 0.717) is 5.11 Å². The van der Waals surface area contributed by atoms with Gasteiger partial charge in [-0.25, -0.2) is 4.39 Å². The van der Waals surface area contributed by atoms with Gasteiger partial charge < -0.3 is 19.5 Å². The van der Waals surface area contributed by atoms with E-state index in [0.717, 1.165) is 28.5 Å². The lowest BCUT2D eigenvalue weighted by atomic mass is 10.0. The lowest BCUT2D eigenvalue weighted by molar-refractivity contribution is 0.415. The monoisotopic (exact) mass is 478 g/mol. The van der Waals surface area contributed by atoms with Crippen molar-refractivity contribution in [3.63, 3.8) is 0 Å². The molecule has 2 aromatic heterocycles. The molecule has 1 N–H and O–H groups in total. The molecule has 1 aliphatic heterocycles. The topological polar surface area (TPSA) is 42.3 Å². The van der Waals surface area contributed by atoms with Crippen LogP contribution in [-0.4, -0.2) is 21.8 Å². The Labute approximate surface area is 201 Å². The number of ether oxygens (including phenoxy) is 1. The van der Waals surface area contributed by atoms with Crippen molar-refractivity contribution in [3.8, 4) is 11.4 Å². The van der Waals surface area contributed by atoms with Crippen molar-refractivity contribution >= 4 is 34.6 Å². The predicted molar refractivity (Wildman–Crippen MR) is 132 cm³/mol. The second kappa shape index (κ2) is 8.84. The van der Waals surface area contributed by atoms with E-state index in [1.165, 1.54) is 6.07 Å². The van der Waals surface area contributed by atoms with Crippen LogP contribution in [-0.2, 0) is 0 Å². The first-order chi connectivity index (χ1) is 16.1. The van der Waals surface area contributed by atoms with Gasteiger partial charge in [0.05, 0.1) is 23.9 Å². The highest BCUT2D eigenvalue weighted by molar-refractivity contribution is 7.80. The molecule has 0 saturated carbocycles. The Morgan fingerprint density at radius 3 is 2.52 bits per heavy atom. The summed E-state index contributed by atoms with van der Waals surface area (Å²) < 4.78 is 21.1. The van der Waals surface area contributed by atoms with Crippen LogP contribution in [0.5, 0.6) is 5.75 Å². The Morgan fingerprint density at radius 2 is 1.82 bits per heavy atom. The molecule has 1 aliphatic rings. The Kier molecular flexibility index (Phi) is 5.74. The Morgan fingerprint density at radius 1 is 1.03 bits per heavy atom. The molecule has 0 amide bonds. The van der Waals surface area contributed by atoms with Crippen molar-refractivity contribution in [2.24, 2.45) is 0 Å². The van der Waals surface area contributed by atoms with Gasteiger partial charge in [-0.3, -0.25) is 4.98 Å². The summed E-state index contributed by atoms with van der Waals surface area (Å²) in [4.78, 5) is 6.66. The first kappa shape index (κ1) is 21.4. The molecule has 0 unspecified atom stereocenters. The summed E-state index contributed by atoms with van der Waals surface area (Å²) >= 11 is 11.9. The molecular weight excluding hydrogens is 459 g/mol. The van der Waals surface area contributed by atoms with Crippen LogP contribution < -0.4 is 15.0 Å². The molecule has 2 aromatic carbocycles. The van der Waals surface area contributed by atoms with E-state index in [9.17, 15) is 4.39 Å². The zero-order valence-corrected chi connectivity index (χ0v) is 19.2. The van der Waals surface area contributed by atoms with Crippen LogP contribution in [0.3, 0.4) is 0 Å². The first-order valence-corrected chi connectivity index (χ1v) is 11.1. The molecule has 0 radical (unpaired) electrons. The lowest BCUT2D eigenvalue weighted by Crippen LogP contribution is -2.30. The fourth-order valence-electron chi connectivity index (χ4n) is 4.18. The second-order valence-electron chi connectivity index (χ2n) is 7.60. The van der Waals surface area contributed by atoms with E-state index in [1.807, 2.05) is 65.4 Å². The minimum Gasteiger partial charge on any atom is -0.497 e. The van der Waals surface area contributed by atoms with E-state index in [1.54, 1.807) is 25.4 Å². The summed E-state index contributed by atoms with van der Waals surface area (Å²) in [6.07, 6.45) is 3.70. The highest BCUT2D eigenvalue weighted by Crippen LogP contribution is 2.42. The van der Waals surface area contributed by atoms with Crippen molar-refractivity contribution < 1.29 is 9.13 Å². The fraction of sp³-hybridized carbons (Fsp3) is 0.120. The van der Waals surface area contributed by atoms with Crippen LogP contribution >= 0.6 is 23.8 Å². The summed E-state index contributed by atoms with van der Waals surface area (Å²) in [7, 11) is 1.64. The molecule has 2 atom stereocenters. The van der Waals surface area contributed by atoms with Crippen LogP contribution in [0.2, 0.25) is 5.02 Å². The molecule has 1 fully saturated rings. The number of halogens is 2. The van der Waals surface area contributed by atoms with E-state index < -0.39 is 5.82 Å². The van der Waals surface area contributed by atoms with Crippen molar-refractivity contribution in [2.45, 2.75) is 12.1 Å². The smallest absolute Gasteiger partial charge is 0.174 e. The molecule has 8 heteroatoms. The Hall–Kier alpha value is -3.42. The number of thiocarbonyl (C=S) groups is 1. The summed E-state index contributed by atoms with van der Waals surface area (Å²) in [6, 6.07) is 21.8. The van der Waals surface area contributed by atoms with Crippen LogP contribution in [0.4, 0.5) is 10.1 Å². The molecule has 33 heavy (non-hydrogen) atoms. The van der Waals surface area contributed by atoms with Gasteiger partial charge in [-0.2, -0.15) is 0 Å². The third-order valence-corrected chi connectivity index (χ3v) is 6.32. The standard InChI is InChI=1S/C25H20ClFN4OS/c1-32-18-10-7-16(8-11-18)31-24(23(29-25(31)33)21-5-2-3-13-28-21)22-6-4-14-30(22)17-9-12-20(27)19(26)15-17/h2-15,23-24H,1H3,(H,29,33)/t23-,24-/m1/s1. The maximum atomic E-state index is 13.8. The molecular formula is C25H20ClFN4OS. The van der Waals surface area contributed by atoms with Crippen LogP contribution in [0.15, 0.2) is 85.2 Å². The van der Waals surface area contributed by atoms with E-state index >= 15 is 0 Å². The van der Waals surface area contributed by atoms with Gasteiger partial charge in [0.1, 0.15) is 17.6 Å². The Balaban J connectivity index is 1.65. The lowest BCUT2D eigenvalue weighted by Gasteiger charge is -2.29. The number of methoxy groups -OCH3 is 1. The van der Waals surface area contributed by atoms with E-state index in [4.69, 9.17) is 28.6 Å². The van der Waals surface area contributed by atoms with Gasteiger partial charge in [-0.1, -0.05) is 17.7 Å². The minimum atomic E-state index is -0.455. The normalized spacial score (nSPS) is 17.8. The number of aromatic nitrogens is 2. The van der Waals surface area contributed by atoms with Crippen LogP contribution in [0, 0.1) is 5.82 Å². The summed E-state index contributed by atoms with van der Waals surface area (Å²) in [5, 5.41) is 4.11. The number of pyridine rings is 1. The summed E-state index contributed by atoms with van der Waals surface area (Å²) in [6.45, 7) is 0. The predicted octanol–water partition coefficient (Wildman–Crippen LogP) is 5.85. The van der Waals surface area contributed by atoms with Gasteiger partial charge in [-0.15, -0.1) is 0 Å². The van der Waals surface area contributed by atoms with Crippen molar-refractivity contribution in [1.29, 1.82) is 0 Å². The van der Waals surface area contributed by atoms with E-state index in [-0.39, 0.29) is 17.1 Å². The molecule has 3 heterocycles. The molecule has 0 bridgehead atoms. The number of rotatable bonds is 5. The zero-order chi connectivity index (χ0) is 22.9. The van der Waals surface area contributed by atoms with Crippen molar-refractivity contribution in [1.82, 2.24) is 14.9 Å². The highest BCUT2D eigenvalue weighted by Gasteiger charge is 2.42. The third-order valence-electron chi connectivity index (χ3n) is 5.71. The zero-order valence-electron chi connectivity index (χ0n) is 17.7. The van der Waals surface area contributed by atoms with Gasteiger partial charge in [0.15, 0.2) is 5.11 Å². The van der Waals surface area contributed by atoms with E-state index in [2.05, 4.69) is 15.2 Å². The third kappa shape index (κ3) is 3.94. The van der Waals surface area contributed by atoms with Gasteiger partial charge in [0, 0.05) is 29.5 Å². The molecule has 166 valence electrons. The quantitative estimate of drug-likeness (QED) is 0.364. The van der Waals surface area contributed by atoms with Crippen LogP contribution in [0.25, 0.3) is 5.69 Å². The molecule has 0 spiro atoms. The molecule has 0 aliphatic carbocycles. The van der Waals surface area contributed by atoms with Gasteiger partial charge in [0.2, 0.25) is 0 Å². The van der Waals surface area contributed by atoms with Crippen molar-refractivity contribution in [3.05, 3.63) is 107 Å². The molecule has 4 aromatic rings. The van der Waals surface area contributed by atoms with Crippen molar-refractivity contribution in [2.75, 3.05) is 12.0 Å². The largest absolute Gasteiger partial charge is 0.497 e. The first-order valence-electron chi connectivity index (χ1n) is 10.3. The summed E-state index contributed by atoms with van der Waals surface area (Å²) in [5.74, 6) is 0.308. The molecule has 5 rings (SSSR count). The average molecular weight is 479 g/mol.